The lowest BCUT2D eigenvalue weighted by Gasteiger charge is -2.42. The van der Waals surface area contributed by atoms with Gasteiger partial charge in [-0.05, 0) is 87.9 Å². The van der Waals surface area contributed by atoms with Crippen LogP contribution in [0.5, 0.6) is 0 Å². The first kappa shape index (κ1) is 41.3. The molecule has 320 valence electrons. The Bertz CT molecular complexity index is 2480. The van der Waals surface area contributed by atoms with Crippen LogP contribution < -0.4 is 21.2 Å². The highest BCUT2D eigenvalue weighted by molar-refractivity contribution is 6.04. The van der Waals surface area contributed by atoms with Gasteiger partial charge in [-0.3, -0.25) is 23.4 Å². The summed E-state index contributed by atoms with van der Waals surface area (Å²) in [4.78, 5) is 45.5. The fourth-order valence-corrected chi connectivity index (χ4v) is 9.26. The van der Waals surface area contributed by atoms with Crippen LogP contribution in [0.15, 0.2) is 59.5 Å². The second kappa shape index (κ2) is 16.2. The number of amides is 2. The Morgan fingerprint density at radius 3 is 2.50 bits per heavy atom. The lowest BCUT2D eigenvalue weighted by atomic mass is 9.85. The van der Waals surface area contributed by atoms with E-state index >= 15 is 4.39 Å². The summed E-state index contributed by atoms with van der Waals surface area (Å²) in [6.45, 7) is 1.39. The summed E-state index contributed by atoms with van der Waals surface area (Å²) in [5, 5.41) is 20.5. The van der Waals surface area contributed by atoms with Crippen molar-refractivity contribution in [1.29, 1.82) is 0 Å². The molecule has 13 nitrogen and oxygen atoms in total. The molecule has 19 heteroatoms. The van der Waals surface area contributed by atoms with E-state index in [4.69, 9.17) is 0 Å². The van der Waals surface area contributed by atoms with Gasteiger partial charge in [0, 0.05) is 49.7 Å². The van der Waals surface area contributed by atoms with Gasteiger partial charge in [-0.2, -0.15) is 18.3 Å². The zero-order valence-corrected chi connectivity index (χ0v) is 32.9. The molecule has 0 spiro atoms. The molecule has 60 heavy (non-hydrogen) atoms. The molecule has 0 radical (unpaired) electrons. The normalized spacial score (nSPS) is 24.1. The van der Waals surface area contributed by atoms with Crippen molar-refractivity contribution in [1.82, 2.24) is 34.1 Å². The number of rotatable bonds is 9. The van der Waals surface area contributed by atoms with E-state index in [1.165, 1.54) is 21.3 Å². The predicted molar refractivity (Wildman–Crippen MR) is 211 cm³/mol. The summed E-state index contributed by atoms with van der Waals surface area (Å²) in [6.07, 6.45) is -4.21. The van der Waals surface area contributed by atoms with Crippen LogP contribution in [0.25, 0.3) is 21.9 Å². The Balaban J connectivity index is 0.889. The monoisotopic (exact) mass is 841 g/mol. The molecule has 8 rings (SSSR count). The Kier molecular flexibility index (Phi) is 11.2. The van der Waals surface area contributed by atoms with E-state index in [1.54, 1.807) is 24.0 Å². The molecule has 2 saturated heterocycles. The van der Waals surface area contributed by atoms with Gasteiger partial charge in [-0.15, -0.1) is 0 Å². The maximum Gasteiger partial charge on any atom is 0.433 e. The summed E-state index contributed by atoms with van der Waals surface area (Å²) in [7, 11) is 3.60. The highest BCUT2D eigenvalue weighted by atomic mass is 19.4. The molecule has 5 aromatic rings. The van der Waals surface area contributed by atoms with Crippen LogP contribution in [0.2, 0.25) is 0 Å². The first-order chi connectivity index (χ1) is 28.6. The molecular weight excluding hydrogens is 796 g/mol. The van der Waals surface area contributed by atoms with Gasteiger partial charge in [0.15, 0.2) is 0 Å². The number of hydrogen-bond donors (Lipinski definition) is 3. The second-order valence-electron chi connectivity index (χ2n) is 16.2. The minimum absolute atomic E-state index is 0.0212. The van der Waals surface area contributed by atoms with Gasteiger partial charge in [0.1, 0.15) is 23.8 Å². The van der Waals surface area contributed by atoms with Crippen LogP contribution in [0.3, 0.4) is 0 Å². The molecule has 2 aromatic carbocycles. The molecule has 3 aromatic heterocycles. The number of fused-ring (bicyclic) bond motifs is 2. The van der Waals surface area contributed by atoms with Crippen LogP contribution in [0, 0.1) is 5.92 Å². The van der Waals surface area contributed by atoms with Crippen LogP contribution in [-0.4, -0.2) is 90.8 Å². The molecule has 0 bridgehead atoms. The molecule has 5 heterocycles. The van der Waals surface area contributed by atoms with Crippen molar-refractivity contribution in [3.63, 3.8) is 0 Å². The van der Waals surface area contributed by atoms with Crippen molar-refractivity contribution in [2.24, 2.45) is 13.0 Å². The average molecular weight is 842 g/mol. The number of carbonyl (C=O) groups excluding carboxylic acids is 2. The number of aromatic nitrogens is 5. The summed E-state index contributed by atoms with van der Waals surface area (Å²) in [5.41, 5.74) is -0.680. The standard InChI is InChI=1S/C41H45F6N9O4/c1-52(30-15-16-54(21-26(30)42)31-6-4-7-32-36(31)53(2)40(60)56(32)33-13-14-35(57)50-39(33)59)19-22-9-11-24(12-10-22)55-20-23-17-29(25(37(43)44)18-28(23)51-55)49-38(58)27-5-3-8-34(48-27)41(45,46)47/h3-8,17-18,20,22,24,26,30,33,37,39,59H,9-16,19,21H2,1-2H3,(H,49,58)(H,50,57)/t22-,24-,26?,30?,33?,39?. The zero-order chi connectivity index (χ0) is 42.6. The third-order valence-electron chi connectivity index (χ3n) is 12.4. The van der Waals surface area contributed by atoms with E-state index in [1.807, 2.05) is 24.1 Å². The number of nitrogens with one attached hydrogen (secondary N) is 2. The van der Waals surface area contributed by atoms with Gasteiger partial charge in [0.05, 0.1) is 46.6 Å². The third kappa shape index (κ3) is 7.96. The number of aliphatic hydroxyl groups is 1. The van der Waals surface area contributed by atoms with Crippen LogP contribution >= 0.6 is 0 Å². The van der Waals surface area contributed by atoms with Crippen LogP contribution in [0.1, 0.15) is 85.2 Å². The van der Waals surface area contributed by atoms with Gasteiger partial charge in [0.2, 0.25) is 5.91 Å². The van der Waals surface area contributed by atoms with Gasteiger partial charge < -0.3 is 25.5 Å². The lowest BCUT2D eigenvalue weighted by molar-refractivity contribution is -0.141. The summed E-state index contributed by atoms with van der Waals surface area (Å²) >= 11 is 0. The van der Waals surface area contributed by atoms with E-state index in [-0.39, 0.29) is 47.9 Å². The first-order valence-corrected chi connectivity index (χ1v) is 20.0. The number of hydrogen-bond acceptors (Lipinski definition) is 8. The fraction of sp³-hybridized carbons (Fsp3) is 0.488. The molecule has 2 amide bonds. The lowest BCUT2D eigenvalue weighted by Crippen LogP contribution is -2.52. The van der Waals surface area contributed by atoms with Gasteiger partial charge >= 0.3 is 11.9 Å². The number of piperidine rings is 2. The zero-order valence-electron chi connectivity index (χ0n) is 32.9. The second-order valence-corrected chi connectivity index (χ2v) is 16.2. The van der Waals surface area contributed by atoms with E-state index in [2.05, 4.69) is 25.6 Å². The largest absolute Gasteiger partial charge is 0.433 e. The predicted octanol–water partition coefficient (Wildman–Crippen LogP) is 6.34. The number of carbonyl (C=O) groups is 2. The van der Waals surface area contributed by atoms with Crippen molar-refractivity contribution < 1.29 is 41.0 Å². The summed E-state index contributed by atoms with van der Waals surface area (Å²) in [6, 6.07) is 9.85. The third-order valence-corrected chi connectivity index (χ3v) is 12.4. The Morgan fingerprint density at radius 2 is 1.80 bits per heavy atom. The van der Waals surface area contributed by atoms with Crippen molar-refractivity contribution in [3.05, 3.63) is 82.2 Å². The number of benzene rings is 2. The molecular formula is C41H45F6N9O4. The smallest absolute Gasteiger partial charge is 0.372 e. The first-order valence-electron chi connectivity index (χ1n) is 20.0. The molecule has 3 aliphatic rings. The number of imidazole rings is 1. The van der Waals surface area contributed by atoms with Gasteiger partial charge in [-0.1, -0.05) is 12.1 Å². The SMILES string of the molecule is CN(C[C@H]1CC[C@H](n2cc3cc(NC(=O)c4cccc(C(F)(F)F)n4)c(C(F)F)cc3n2)CC1)C1CCN(c2cccc3c2n(C)c(=O)n3C2CCC(=O)NC2O)CC1F. The quantitative estimate of drug-likeness (QED) is 0.146. The number of para-hydroxylation sites is 1. The Morgan fingerprint density at radius 1 is 1.05 bits per heavy atom. The van der Waals surface area contributed by atoms with Crippen molar-refractivity contribution in [2.75, 3.05) is 36.9 Å². The van der Waals surface area contributed by atoms with Crippen molar-refractivity contribution >= 4 is 45.1 Å². The van der Waals surface area contributed by atoms with Crippen molar-refractivity contribution in [2.45, 2.75) is 88.1 Å². The Labute approximate surface area is 339 Å². The maximum atomic E-state index is 16.1. The number of alkyl halides is 6. The topological polar surface area (TPSA) is 143 Å². The highest BCUT2D eigenvalue weighted by Crippen LogP contribution is 2.38. The molecule has 3 fully saturated rings. The number of halogens is 6. The molecule has 1 saturated carbocycles. The van der Waals surface area contributed by atoms with E-state index in [0.717, 1.165) is 43.5 Å². The molecule has 2 aliphatic heterocycles. The summed E-state index contributed by atoms with van der Waals surface area (Å²) < 4.78 is 88.7. The number of aliphatic hydroxyl groups excluding tert-OH is 1. The van der Waals surface area contributed by atoms with Crippen LogP contribution in [0.4, 0.5) is 37.7 Å². The number of pyridine rings is 1. The minimum Gasteiger partial charge on any atom is -0.372 e. The minimum atomic E-state index is -4.79. The summed E-state index contributed by atoms with van der Waals surface area (Å²) in [5.74, 6) is -1.04. The molecule has 3 N–H and O–H groups in total. The fourth-order valence-electron chi connectivity index (χ4n) is 9.26. The average Bonchev–Trinajstić information content (AvgIpc) is 3.74. The van der Waals surface area contributed by atoms with E-state index < -0.39 is 53.9 Å². The van der Waals surface area contributed by atoms with Gasteiger partial charge in [0.25, 0.3) is 12.3 Å². The van der Waals surface area contributed by atoms with Gasteiger partial charge in [-0.25, -0.2) is 22.9 Å². The number of aryl methyl sites for hydroxylation is 1. The van der Waals surface area contributed by atoms with Crippen molar-refractivity contribution in [3.8, 4) is 0 Å². The number of nitrogens with zero attached hydrogens (tertiary/aromatic N) is 7. The van der Waals surface area contributed by atoms with E-state index in [9.17, 15) is 41.4 Å². The highest BCUT2D eigenvalue weighted by Gasteiger charge is 2.37. The molecule has 4 unspecified atom stereocenters. The van der Waals surface area contributed by atoms with Crippen LogP contribution in [-0.2, 0) is 18.0 Å². The van der Waals surface area contributed by atoms with E-state index in [0.29, 0.717) is 54.3 Å². The number of anilines is 2. The molecule has 1 aliphatic carbocycles. The Hall–Kier alpha value is -5.43. The maximum absolute atomic E-state index is 16.1. The molecule has 4 atom stereocenters.